The van der Waals surface area contributed by atoms with E-state index in [0.29, 0.717) is 19.4 Å². The second-order valence-corrected chi connectivity index (χ2v) is 7.54. The van der Waals surface area contributed by atoms with Crippen LogP contribution in [0.4, 0.5) is 15.3 Å². The van der Waals surface area contributed by atoms with Crippen molar-refractivity contribution < 1.29 is 33.5 Å². The number of rotatable bonds is 10. The molecule has 1 rings (SSSR count). The zero-order valence-electron chi connectivity index (χ0n) is 17.4. The molecule has 1 aromatic carbocycles. The van der Waals surface area contributed by atoms with Crippen LogP contribution in [0, 0.1) is 10.1 Å². The average Bonchev–Trinajstić information content (AvgIpc) is 2.63. The lowest BCUT2D eigenvalue weighted by Gasteiger charge is -2.31. The fraction of sp³-hybridized carbons (Fsp3) is 0.579. The smallest absolute Gasteiger partial charge is 0.453 e. The fourth-order valence-corrected chi connectivity index (χ4v) is 2.23. The molecule has 162 valence electrons. The van der Waals surface area contributed by atoms with Crippen LogP contribution in [0.15, 0.2) is 24.3 Å². The standard InChI is InChI=1S/C19H28N2O8/c1-18(2,11-6-12-20-16(22)26-5)27-13-19(3,4)29-17(23)28-15-9-7-14(8-10-15)21(24)25/h7-10H,6,11-13H2,1-5H3,(H,20,22). The number of ether oxygens (including phenoxy) is 4. The number of amides is 1. The van der Waals surface area contributed by atoms with Gasteiger partial charge in [0.25, 0.3) is 5.69 Å². The van der Waals surface area contributed by atoms with Gasteiger partial charge in [-0.3, -0.25) is 10.1 Å². The van der Waals surface area contributed by atoms with Crippen LogP contribution in [0.3, 0.4) is 0 Å². The second kappa shape index (κ2) is 10.6. The molecule has 29 heavy (non-hydrogen) atoms. The topological polar surface area (TPSA) is 126 Å². The summed E-state index contributed by atoms with van der Waals surface area (Å²) < 4.78 is 20.7. The van der Waals surface area contributed by atoms with Gasteiger partial charge in [0, 0.05) is 18.7 Å². The van der Waals surface area contributed by atoms with Crippen LogP contribution in [0.5, 0.6) is 5.75 Å². The Kier molecular flexibility index (Phi) is 8.84. The third-order valence-electron chi connectivity index (χ3n) is 3.83. The van der Waals surface area contributed by atoms with Crippen molar-refractivity contribution in [3.63, 3.8) is 0 Å². The number of carbonyl (C=O) groups excluding carboxylic acids is 2. The molecule has 0 heterocycles. The van der Waals surface area contributed by atoms with Crippen molar-refractivity contribution in [3.8, 4) is 5.75 Å². The summed E-state index contributed by atoms with van der Waals surface area (Å²) in [5.74, 6) is 0.135. The molecule has 1 aromatic rings. The lowest BCUT2D eigenvalue weighted by atomic mass is 10.0. The zero-order chi connectivity index (χ0) is 22.1. The van der Waals surface area contributed by atoms with Crippen LogP contribution in [0.2, 0.25) is 0 Å². The highest BCUT2D eigenvalue weighted by molar-refractivity contribution is 5.66. The first-order valence-corrected chi connectivity index (χ1v) is 9.05. The average molecular weight is 412 g/mol. The Morgan fingerprint density at radius 2 is 1.72 bits per heavy atom. The highest BCUT2D eigenvalue weighted by atomic mass is 16.7. The highest BCUT2D eigenvalue weighted by Gasteiger charge is 2.29. The van der Waals surface area contributed by atoms with Crippen molar-refractivity contribution in [1.82, 2.24) is 5.32 Å². The van der Waals surface area contributed by atoms with E-state index in [1.807, 2.05) is 13.8 Å². The number of non-ortho nitro benzene ring substituents is 1. The molecule has 0 bridgehead atoms. The zero-order valence-corrected chi connectivity index (χ0v) is 17.4. The van der Waals surface area contributed by atoms with Gasteiger partial charge in [0.1, 0.15) is 11.4 Å². The lowest BCUT2D eigenvalue weighted by molar-refractivity contribution is -0.384. The monoisotopic (exact) mass is 412 g/mol. The van der Waals surface area contributed by atoms with Gasteiger partial charge in [-0.15, -0.1) is 0 Å². The molecule has 0 saturated heterocycles. The third kappa shape index (κ3) is 9.74. The van der Waals surface area contributed by atoms with Gasteiger partial charge in [-0.2, -0.15) is 0 Å². The van der Waals surface area contributed by atoms with E-state index in [4.69, 9.17) is 14.2 Å². The number of methoxy groups -OCH3 is 1. The Hall–Kier alpha value is -2.88. The Morgan fingerprint density at radius 3 is 2.28 bits per heavy atom. The van der Waals surface area contributed by atoms with E-state index in [1.165, 1.54) is 31.4 Å². The second-order valence-electron chi connectivity index (χ2n) is 7.54. The van der Waals surface area contributed by atoms with Gasteiger partial charge in [-0.25, -0.2) is 9.59 Å². The molecule has 1 amide bonds. The fourth-order valence-electron chi connectivity index (χ4n) is 2.23. The summed E-state index contributed by atoms with van der Waals surface area (Å²) in [6, 6.07) is 5.09. The summed E-state index contributed by atoms with van der Waals surface area (Å²) in [7, 11) is 1.30. The maximum Gasteiger partial charge on any atom is 0.514 e. The first-order valence-electron chi connectivity index (χ1n) is 9.05. The van der Waals surface area contributed by atoms with Crippen molar-refractivity contribution in [2.75, 3.05) is 20.3 Å². The highest BCUT2D eigenvalue weighted by Crippen LogP contribution is 2.22. The SMILES string of the molecule is COC(=O)NCCCC(C)(C)OCC(C)(C)OC(=O)Oc1ccc([N+](=O)[O-])cc1. The summed E-state index contributed by atoms with van der Waals surface area (Å²) in [5.41, 5.74) is -1.57. The number of benzene rings is 1. The third-order valence-corrected chi connectivity index (χ3v) is 3.83. The summed E-state index contributed by atoms with van der Waals surface area (Å²) in [6.07, 6.45) is -0.0661. The van der Waals surface area contributed by atoms with Crippen molar-refractivity contribution in [2.24, 2.45) is 0 Å². The van der Waals surface area contributed by atoms with Crippen LogP contribution in [-0.2, 0) is 14.2 Å². The van der Waals surface area contributed by atoms with E-state index < -0.39 is 28.4 Å². The largest absolute Gasteiger partial charge is 0.514 e. The van der Waals surface area contributed by atoms with Crippen LogP contribution in [0.1, 0.15) is 40.5 Å². The number of nitrogens with one attached hydrogen (secondary N) is 1. The molecule has 0 fully saturated rings. The van der Waals surface area contributed by atoms with E-state index >= 15 is 0 Å². The van der Waals surface area contributed by atoms with Crippen LogP contribution in [0.25, 0.3) is 0 Å². The molecule has 10 heteroatoms. The minimum atomic E-state index is -0.959. The predicted molar refractivity (Wildman–Crippen MR) is 104 cm³/mol. The van der Waals surface area contributed by atoms with Crippen LogP contribution in [-0.4, -0.2) is 48.6 Å². The van der Waals surface area contributed by atoms with Gasteiger partial charge in [0.15, 0.2) is 0 Å². The molecule has 0 radical (unpaired) electrons. The normalized spacial score (nSPS) is 11.5. The summed E-state index contributed by atoms with van der Waals surface area (Å²) in [6.45, 7) is 7.74. The van der Waals surface area contributed by atoms with Gasteiger partial charge >= 0.3 is 12.2 Å². The van der Waals surface area contributed by atoms with Crippen molar-refractivity contribution in [3.05, 3.63) is 34.4 Å². The molecule has 0 aliphatic heterocycles. The molecule has 0 aliphatic carbocycles. The number of hydrogen-bond acceptors (Lipinski definition) is 8. The maximum atomic E-state index is 12.0. The first kappa shape index (κ1) is 24.2. The predicted octanol–water partition coefficient (Wildman–Crippen LogP) is 3.82. The molecule has 0 saturated carbocycles. The quantitative estimate of drug-likeness (QED) is 0.202. The number of nitro benzene ring substituents is 1. The van der Waals surface area contributed by atoms with Gasteiger partial charge in [0.2, 0.25) is 0 Å². The van der Waals surface area contributed by atoms with E-state index in [9.17, 15) is 19.7 Å². The minimum absolute atomic E-state index is 0.108. The molecule has 0 unspecified atom stereocenters. The van der Waals surface area contributed by atoms with Crippen molar-refractivity contribution in [1.29, 1.82) is 0 Å². The molecular weight excluding hydrogens is 384 g/mol. The van der Waals surface area contributed by atoms with Crippen molar-refractivity contribution >= 4 is 17.9 Å². The number of nitrogens with zero attached hydrogens (tertiary/aromatic N) is 1. The van der Waals surface area contributed by atoms with E-state index in [2.05, 4.69) is 10.1 Å². The Morgan fingerprint density at radius 1 is 1.10 bits per heavy atom. The van der Waals surface area contributed by atoms with Crippen molar-refractivity contribution in [2.45, 2.75) is 51.7 Å². The summed E-state index contributed by atoms with van der Waals surface area (Å²) >= 11 is 0. The minimum Gasteiger partial charge on any atom is -0.453 e. The van der Waals surface area contributed by atoms with Gasteiger partial charge in [-0.05, 0) is 52.7 Å². The number of carbonyl (C=O) groups is 2. The number of nitro groups is 1. The molecule has 0 aliphatic rings. The maximum absolute atomic E-state index is 12.0. The number of hydrogen-bond donors (Lipinski definition) is 1. The summed E-state index contributed by atoms with van der Waals surface area (Å²) in [5, 5.41) is 13.2. The molecule has 0 atom stereocenters. The van der Waals surface area contributed by atoms with Gasteiger partial charge in [0.05, 0.1) is 24.2 Å². The Labute approximate surface area is 169 Å². The van der Waals surface area contributed by atoms with E-state index in [-0.39, 0.29) is 18.0 Å². The van der Waals surface area contributed by atoms with E-state index in [1.54, 1.807) is 13.8 Å². The van der Waals surface area contributed by atoms with Gasteiger partial charge in [-0.1, -0.05) is 0 Å². The Bertz CT molecular complexity index is 701. The molecule has 1 N–H and O–H groups in total. The molecular formula is C19H28N2O8. The van der Waals surface area contributed by atoms with E-state index in [0.717, 1.165) is 0 Å². The molecule has 0 spiro atoms. The van der Waals surface area contributed by atoms with Crippen LogP contribution >= 0.6 is 0 Å². The van der Waals surface area contributed by atoms with Gasteiger partial charge < -0.3 is 24.3 Å². The molecule has 0 aromatic heterocycles. The van der Waals surface area contributed by atoms with Crippen LogP contribution < -0.4 is 10.1 Å². The Balaban J connectivity index is 2.43. The summed E-state index contributed by atoms with van der Waals surface area (Å²) in [4.78, 5) is 33.1. The first-order chi connectivity index (χ1) is 13.4. The molecule has 10 nitrogen and oxygen atoms in total. The number of alkyl carbamates (subject to hydrolysis) is 1. The lowest BCUT2D eigenvalue weighted by Crippen LogP contribution is -2.39.